The smallest absolute Gasteiger partial charge is 0.331 e. The molecule has 160 valence electrons. The van der Waals surface area contributed by atoms with Gasteiger partial charge in [-0.3, -0.25) is 0 Å². The molecule has 0 saturated heterocycles. The maximum absolute atomic E-state index is 12.6. The molecule has 0 spiro atoms. The zero-order valence-corrected chi connectivity index (χ0v) is 18.1. The Hall–Kier alpha value is -4.25. The topological polar surface area (TPSA) is 57.0 Å². The number of hydrogen-bond donors (Lipinski definition) is 0. The number of nitrogens with zero attached hydrogens (tertiary/aromatic N) is 3. The molecular formula is C28H21N3O2. The number of benzene rings is 5. The van der Waals surface area contributed by atoms with E-state index in [-0.39, 0.29) is 5.97 Å². The van der Waals surface area contributed by atoms with Crippen molar-refractivity contribution in [2.24, 2.45) is 0 Å². The molecule has 1 aromatic heterocycles. The van der Waals surface area contributed by atoms with Crippen LogP contribution < -0.4 is 0 Å². The summed E-state index contributed by atoms with van der Waals surface area (Å²) in [6.45, 7) is 0. The fraction of sp³-hybridized carbons (Fsp3) is 0.107. The monoisotopic (exact) mass is 431 g/mol. The van der Waals surface area contributed by atoms with Crippen molar-refractivity contribution in [1.29, 1.82) is 0 Å². The van der Waals surface area contributed by atoms with E-state index in [1.807, 2.05) is 36.5 Å². The van der Waals surface area contributed by atoms with E-state index in [0.717, 1.165) is 22.2 Å². The number of aromatic nitrogens is 3. The average molecular weight is 431 g/mol. The Morgan fingerprint density at radius 2 is 1.55 bits per heavy atom. The highest BCUT2D eigenvalue weighted by Crippen LogP contribution is 2.38. The number of hydrogen-bond acceptors (Lipinski definition) is 4. The molecule has 6 aromatic rings. The first-order chi connectivity index (χ1) is 16.2. The predicted octanol–water partition coefficient (Wildman–Crippen LogP) is 5.80. The van der Waals surface area contributed by atoms with Crippen LogP contribution in [-0.4, -0.2) is 28.1 Å². The molecule has 0 bridgehead atoms. The third-order valence-electron chi connectivity index (χ3n) is 6.38. The molecule has 0 aliphatic carbocycles. The molecule has 0 fully saturated rings. The highest BCUT2D eigenvalue weighted by atomic mass is 16.5. The van der Waals surface area contributed by atoms with Gasteiger partial charge in [0.25, 0.3) is 0 Å². The summed E-state index contributed by atoms with van der Waals surface area (Å²) in [5.41, 5.74) is 2.76. The SMILES string of the molecule is COC(=O)[C@H](Cc1ccccc1)n1cc(-c2ccc3ccc4cccc5ccc2c3c45)nn1. The molecule has 5 heteroatoms. The normalized spacial score (nSPS) is 12.5. The Balaban J connectivity index is 1.47. The van der Waals surface area contributed by atoms with Crippen LogP contribution in [0.25, 0.3) is 43.6 Å². The first-order valence-electron chi connectivity index (χ1n) is 10.9. The Morgan fingerprint density at radius 1 is 0.848 bits per heavy atom. The summed E-state index contributed by atoms with van der Waals surface area (Å²) in [6.07, 6.45) is 2.32. The van der Waals surface area contributed by atoms with Gasteiger partial charge in [-0.2, -0.15) is 0 Å². The van der Waals surface area contributed by atoms with Gasteiger partial charge in [-0.05, 0) is 37.9 Å². The van der Waals surface area contributed by atoms with Crippen molar-refractivity contribution in [2.75, 3.05) is 7.11 Å². The Kier molecular flexibility index (Phi) is 4.54. The Morgan fingerprint density at radius 3 is 2.30 bits per heavy atom. The molecule has 0 saturated carbocycles. The highest BCUT2D eigenvalue weighted by molar-refractivity contribution is 6.25. The summed E-state index contributed by atoms with van der Waals surface area (Å²) in [6, 6.07) is 28.5. The summed E-state index contributed by atoms with van der Waals surface area (Å²) in [5, 5.41) is 16.0. The highest BCUT2D eigenvalue weighted by Gasteiger charge is 2.24. The van der Waals surface area contributed by atoms with E-state index in [1.165, 1.54) is 34.0 Å². The number of rotatable bonds is 5. The molecule has 5 nitrogen and oxygen atoms in total. The molecular weight excluding hydrogens is 410 g/mol. The predicted molar refractivity (Wildman–Crippen MR) is 130 cm³/mol. The van der Waals surface area contributed by atoms with Gasteiger partial charge in [0, 0.05) is 12.0 Å². The van der Waals surface area contributed by atoms with E-state index in [0.29, 0.717) is 6.42 Å². The zero-order chi connectivity index (χ0) is 22.4. The fourth-order valence-corrected chi connectivity index (χ4v) is 4.77. The van der Waals surface area contributed by atoms with Crippen molar-refractivity contribution in [3.05, 3.63) is 96.7 Å². The third kappa shape index (κ3) is 3.21. The minimum absolute atomic E-state index is 0.342. The maximum atomic E-state index is 12.6. The summed E-state index contributed by atoms with van der Waals surface area (Å²) < 4.78 is 6.69. The second-order valence-corrected chi connectivity index (χ2v) is 8.28. The van der Waals surface area contributed by atoms with Gasteiger partial charge in [0.05, 0.1) is 13.3 Å². The van der Waals surface area contributed by atoms with Crippen LogP contribution in [0.4, 0.5) is 0 Å². The molecule has 6 rings (SSSR count). The molecule has 0 unspecified atom stereocenters. The molecule has 0 aliphatic heterocycles. The van der Waals surface area contributed by atoms with E-state index < -0.39 is 6.04 Å². The average Bonchev–Trinajstić information content (AvgIpc) is 3.35. The molecule has 0 aliphatic rings. The maximum Gasteiger partial charge on any atom is 0.331 e. The van der Waals surface area contributed by atoms with Gasteiger partial charge in [-0.15, -0.1) is 5.10 Å². The van der Waals surface area contributed by atoms with Gasteiger partial charge in [0.2, 0.25) is 0 Å². The minimum Gasteiger partial charge on any atom is -0.467 e. The molecule has 5 aromatic carbocycles. The number of carbonyl (C=O) groups excluding carboxylic acids is 1. The molecule has 1 heterocycles. The van der Waals surface area contributed by atoms with Crippen LogP contribution in [0, 0.1) is 0 Å². The van der Waals surface area contributed by atoms with Crippen LogP contribution in [-0.2, 0) is 16.0 Å². The van der Waals surface area contributed by atoms with Gasteiger partial charge >= 0.3 is 5.97 Å². The van der Waals surface area contributed by atoms with E-state index in [9.17, 15) is 4.79 Å². The first kappa shape index (κ1) is 19.4. The van der Waals surface area contributed by atoms with Gasteiger partial charge in [-0.25, -0.2) is 9.48 Å². The van der Waals surface area contributed by atoms with Gasteiger partial charge in [0.15, 0.2) is 6.04 Å². The summed E-state index contributed by atoms with van der Waals surface area (Å²) in [5.74, 6) is -0.342. The lowest BCUT2D eigenvalue weighted by molar-refractivity contribution is -0.144. The quantitative estimate of drug-likeness (QED) is 0.256. The van der Waals surface area contributed by atoms with Crippen molar-refractivity contribution < 1.29 is 9.53 Å². The van der Waals surface area contributed by atoms with Crippen molar-refractivity contribution in [2.45, 2.75) is 12.5 Å². The second-order valence-electron chi connectivity index (χ2n) is 8.28. The lowest BCUT2D eigenvalue weighted by Crippen LogP contribution is -2.23. The lowest BCUT2D eigenvalue weighted by atomic mass is 9.91. The van der Waals surface area contributed by atoms with Crippen LogP contribution in [0.15, 0.2) is 91.1 Å². The molecule has 33 heavy (non-hydrogen) atoms. The zero-order valence-electron chi connectivity index (χ0n) is 18.1. The molecule has 0 amide bonds. The number of ether oxygens (including phenoxy) is 1. The van der Waals surface area contributed by atoms with Gasteiger partial charge < -0.3 is 4.74 Å². The largest absolute Gasteiger partial charge is 0.467 e. The summed E-state index contributed by atoms with van der Waals surface area (Å²) >= 11 is 0. The van der Waals surface area contributed by atoms with E-state index in [1.54, 1.807) is 4.68 Å². The first-order valence-corrected chi connectivity index (χ1v) is 10.9. The van der Waals surface area contributed by atoms with E-state index in [2.05, 4.69) is 64.9 Å². The number of carbonyl (C=O) groups is 1. The van der Waals surface area contributed by atoms with E-state index >= 15 is 0 Å². The van der Waals surface area contributed by atoms with Crippen LogP contribution in [0.5, 0.6) is 0 Å². The van der Waals surface area contributed by atoms with Crippen molar-refractivity contribution in [3.63, 3.8) is 0 Å². The number of methoxy groups -OCH3 is 1. The van der Waals surface area contributed by atoms with Crippen molar-refractivity contribution >= 4 is 38.3 Å². The van der Waals surface area contributed by atoms with Crippen molar-refractivity contribution in [3.8, 4) is 11.3 Å². The third-order valence-corrected chi connectivity index (χ3v) is 6.38. The van der Waals surface area contributed by atoms with E-state index in [4.69, 9.17) is 4.74 Å². The van der Waals surface area contributed by atoms with Crippen LogP contribution in [0.1, 0.15) is 11.6 Å². The van der Waals surface area contributed by atoms with Crippen LogP contribution >= 0.6 is 0 Å². The fourth-order valence-electron chi connectivity index (χ4n) is 4.77. The standard InChI is InChI=1S/C28H21N3O2/c1-33-28(32)25(16-18-6-3-2-4-7-18)31-17-24(29-30-31)22-14-12-21-11-10-19-8-5-9-20-13-15-23(22)27(21)26(19)20/h2-15,17,25H,16H2,1H3/t25-/m0/s1. The molecule has 1 atom stereocenters. The molecule has 0 N–H and O–H groups in total. The number of esters is 1. The van der Waals surface area contributed by atoms with Crippen LogP contribution in [0.2, 0.25) is 0 Å². The van der Waals surface area contributed by atoms with Gasteiger partial charge in [0.1, 0.15) is 5.69 Å². The van der Waals surface area contributed by atoms with Crippen molar-refractivity contribution in [1.82, 2.24) is 15.0 Å². The Bertz CT molecular complexity index is 1590. The second kappa shape index (κ2) is 7.71. The lowest BCUT2D eigenvalue weighted by Gasteiger charge is -2.14. The van der Waals surface area contributed by atoms with Crippen LogP contribution in [0.3, 0.4) is 0 Å². The van der Waals surface area contributed by atoms with Gasteiger partial charge in [-0.1, -0.05) is 90.1 Å². The Labute approximate surface area is 190 Å². The summed E-state index contributed by atoms with van der Waals surface area (Å²) in [4.78, 5) is 12.6. The minimum atomic E-state index is -0.585. The molecule has 0 radical (unpaired) electrons. The summed E-state index contributed by atoms with van der Waals surface area (Å²) in [7, 11) is 1.40.